The van der Waals surface area contributed by atoms with E-state index in [4.69, 9.17) is 20.0 Å². The van der Waals surface area contributed by atoms with Crippen molar-refractivity contribution < 1.29 is 26.1 Å². The van der Waals surface area contributed by atoms with Crippen LogP contribution in [-0.2, 0) is 19.2 Å². The first-order chi connectivity index (χ1) is 38.3. The molecule has 0 saturated heterocycles. The summed E-state index contributed by atoms with van der Waals surface area (Å²) in [4.78, 5) is 3.68. The smallest absolute Gasteiger partial charge is 0.339 e. The Morgan fingerprint density at radius 1 is 0.392 bits per heavy atom. The van der Waals surface area contributed by atoms with E-state index in [0.717, 1.165) is 32.7 Å². The third-order valence-electron chi connectivity index (χ3n) is 13.3. The van der Waals surface area contributed by atoms with Crippen molar-refractivity contribution in [2.75, 3.05) is 0 Å². The first-order valence-electron chi connectivity index (χ1n) is 25.4. The second-order valence-corrected chi connectivity index (χ2v) is 22.9. The van der Waals surface area contributed by atoms with Crippen LogP contribution in [0.1, 0.15) is 11.1 Å². The molecule has 0 fully saturated rings. The van der Waals surface area contributed by atoms with Crippen molar-refractivity contribution in [3.05, 3.63) is 284 Å². The minimum Gasteiger partial charge on any atom is -0.508 e. The summed E-state index contributed by atoms with van der Waals surface area (Å²) in [5.74, 6) is 0.637. The number of rotatable bonds is 5. The van der Waals surface area contributed by atoms with Crippen molar-refractivity contribution in [2.45, 2.75) is 23.6 Å². The molecule has 0 amide bonds. The van der Waals surface area contributed by atoms with Gasteiger partial charge in [-0.15, -0.1) is 0 Å². The van der Waals surface area contributed by atoms with Crippen LogP contribution in [0.2, 0.25) is 0 Å². The lowest BCUT2D eigenvalue weighted by molar-refractivity contribution is 0.476. The lowest BCUT2D eigenvalue weighted by atomic mass is 10.1. The van der Waals surface area contributed by atoms with Crippen molar-refractivity contribution >= 4 is 106 Å². The van der Waals surface area contributed by atoms with Crippen LogP contribution in [0.5, 0.6) is 11.5 Å². The first-order valence-corrected chi connectivity index (χ1v) is 29.1. The third kappa shape index (κ3) is 12.7. The maximum absolute atomic E-state index is 12.2. The number of phenols is 1. The molecule has 0 aliphatic carbocycles. The number of para-hydroxylation sites is 4. The number of H-pyrrole nitrogens is 1. The molecule has 390 valence electrons. The number of nitrogens with zero attached hydrogens (tertiary/aromatic N) is 1. The quantitative estimate of drug-likeness (QED) is 0.131. The number of benzene rings is 12. The van der Waals surface area contributed by atoms with Gasteiger partial charge in [0.2, 0.25) is 0 Å². The molecule has 0 spiro atoms. The Hall–Kier alpha value is -9.19. The van der Waals surface area contributed by atoms with Crippen molar-refractivity contribution in [1.82, 2.24) is 9.55 Å². The zero-order valence-electron chi connectivity index (χ0n) is 43.1. The fourth-order valence-corrected chi connectivity index (χ4v) is 11.0. The highest BCUT2D eigenvalue weighted by molar-refractivity contribution is 8.13. The number of aromatic amines is 1. The standard InChI is InChI=1S/C22H15N.C17H14O3S.C12H9N.C10H8O.C7H7ClO2S/c1-2-8-17-15-18(14-13-16(17)7-1)23-21-11-5-3-9-19(21)20-10-4-6-12-22(20)23;1-13-6-10-17(11-7-13)21(18,19)20-16-9-8-14-4-2-3-5-15(14)12-16;1-3-7-11-9(5-1)10-6-2-4-8-12(10)13-11;11-10-6-5-8-3-1-2-4-9(8)7-10;1-6-2-4-7(5-3-6)11(8,9)10/h1-15H;2-12H,1H3;1-8,13H;1-7,11H;2-5H,1H3. The lowest BCUT2D eigenvalue weighted by Crippen LogP contribution is -2.09. The van der Waals surface area contributed by atoms with E-state index in [2.05, 4.69) is 149 Å². The Morgan fingerprint density at radius 3 is 1.29 bits per heavy atom. The largest absolute Gasteiger partial charge is 0.508 e. The molecule has 14 aromatic rings. The van der Waals surface area contributed by atoms with Crippen molar-refractivity contribution in [2.24, 2.45) is 0 Å². The Bertz CT molecular complexity index is 4570. The number of aromatic nitrogens is 2. The van der Waals surface area contributed by atoms with Gasteiger partial charge in [-0.1, -0.05) is 199 Å². The lowest BCUT2D eigenvalue weighted by Gasteiger charge is -2.09. The van der Waals surface area contributed by atoms with Gasteiger partial charge in [0.15, 0.2) is 0 Å². The number of aryl methyl sites for hydroxylation is 2. The highest BCUT2D eigenvalue weighted by atomic mass is 35.7. The van der Waals surface area contributed by atoms with Crippen LogP contribution in [0.4, 0.5) is 0 Å². The van der Waals surface area contributed by atoms with Crippen molar-refractivity contribution in [1.29, 1.82) is 0 Å². The molecule has 0 unspecified atom stereocenters. The summed E-state index contributed by atoms with van der Waals surface area (Å²) in [5.41, 5.74) is 8.15. The van der Waals surface area contributed by atoms with Crippen LogP contribution in [0.3, 0.4) is 0 Å². The summed E-state index contributed by atoms with van der Waals surface area (Å²) in [5, 5.41) is 21.1. The molecule has 0 bridgehead atoms. The van der Waals surface area contributed by atoms with Crippen LogP contribution in [0.15, 0.2) is 283 Å². The van der Waals surface area contributed by atoms with Gasteiger partial charge in [0.05, 0.1) is 15.9 Å². The average Bonchev–Trinajstić information content (AvgIpc) is 4.27. The van der Waals surface area contributed by atoms with E-state index in [1.165, 1.54) is 72.2 Å². The Morgan fingerprint density at radius 2 is 0.785 bits per heavy atom. The van der Waals surface area contributed by atoms with E-state index in [1.807, 2.05) is 74.5 Å². The molecule has 0 atom stereocenters. The summed E-state index contributed by atoms with van der Waals surface area (Å²) in [6, 6.07) is 88.4. The molecule has 2 aromatic heterocycles. The van der Waals surface area contributed by atoms with E-state index < -0.39 is 19.2 Å². The van der Waals surface area contributed by atoms with E-state index >= 15 is 0 Å². The van der Waals surface area contributed by atoms with Gasteiger partial charge in [0.25, 0.3) is 9.05 Å². The number of aromatic hydroxyl groups is 1. The summed E-state index contributed by atoms with van der Waals surface area (Å²) in [7, 11) is -2.26. The number of phenolic OH excluding ortho intramolecular Hbond substituents is 1. The van der Waals surface area contributed by atoms with Crippen LogP contribution >= 0.6 is 10.7 Å². The van der Waals surface area contributed by atoms with E-state index in [0.29, 0.717) is 11.5 Å². The molecule has 0 aliphatic rings. The zero-order chi connectivity index (χ0) is 54.9. The Kier molecular flexibility index (Phi) is 15.9. The normalized spacial score (nSPS) is 11.2. The molecule has 14 rings (SSSR count). The second-order valence-electron chi connectivity index (χ2n) is 18.8. The molecular weight excluding hydrogens is 1040 g/mol. The SMILES string of the molecule is Cc1ccc(S(=O)(=O)Cl)cc1.Cc1ccc(S(=O)(=O)Oc2ccc3ccccc3c2)cc1.Oc1ccc2ccccc2c1.c1ccc2c(c1)[nH]c1ccccc12.c1ccc2cc(-n3c4ccccc4c4ccccc43)ccc2c1. The number of halogens is 1. The highest BCUT2D eigenvalue weighted by Gasteiger charge is 2.17. The molecule has 79 heavy (non-hydrogen) atoms. The van der Waals surface area contributed by atoms with Gasteiger partial charge in [-0.3, -0.25) is 0 Å². The number of nitrogens with one attached hydrogen (secondary N) is 1. The highest BCUT2D eigenvalue weighted by Crippen LogP contribution is 2.33. The fourth-order valence-electron chi connectivity index (χ4n) is 9.29. The van der Waals surface area contributed by atoms with Gasteiger partial charge >= 0.3 is 10.1 Å². The van der Waals surface area contributed by atoms with E-state index in [9.17, 15) is 16.8 Å². The summed E-state index contributed by atoms with van der Waals surface area (Å²) < 4.78 is 53.4. The topological polar surface area (TPSA) is 118 Å². The average molecular weight is 1090 g/mol. The molecule has 8 nitrogen and oxygen atoms in total. The predicted molar refractivity (Wildman–Crippen MR) is 327 cm³/mol. The van der Waals surface area contributed by atoms with E-state index in [-0.39, 0.29) is 9.79 Å². The van der Waals surface area contributed by atoms with Crippen LogP contribution < -0.4 is 4.18 Å². The minimum absolute atomic E-state index is 0.143. The molecule has 2 heterocycles. The zero-order valence-corrected chi connectivity index (χ0v) is 45.5. The maximum Gasteiger partial charge on any atom is 0.339 e. The van der Waals surface area contributed by atoms with Crippen molar-refractivity contribution in [3.8, 4) is 17.2 Å². The number of fused-ring (bicyclic) bond motifs is 9. The predicted octanol–water partition coefficient (Wildman–Crippen LogP) is 17.6. The molecule has 12 aromatic carbocycles. The van der Waals surface area contributed by atoms with Gasteiger partial charge in [-0.2, -0.15) is 8.42 Å². The summed E-state index contributed by atoms with van der Waals surface area (Å²) in [6.07, 6.45) is 0. The molecule has 0 aliphatic heterocycles. The van der Waals surface area contributed by atoms with Crippen molar-refractivity contribution in [3.63, 3.8) is 0 Å². The second kappa shape index (κ2) is 23.6. The van der Waals surface area contributed by atoms with Gasteiger partial charge < -0.3 is 18.8 Å². The summed E-state index contributed by atoms with van der Waals surface area (Å²) in [6.45, 7) is 3.78. The minimum atomic E-state index is -3.80. The first kappa shape index (κ1) is 53.2. The van der Waals surface area contributed by atoms with Gasteiger partial charge in [0, 0.05) is 48.9 Å². The monoisotopic (exact) mass is 1090 g/mol. The van der Waals surface area contributed by atoms with Gasteiger partial charge in [-0.25, -0.2) is 8.42 Å². The Balaban J connectivity index is 0.000000116. The molecule has 0 radical (unpaired) electrons. The number of hydrogen-bond acceptors (Lipinski definition) is 6. The maximum atomic E-state index is 12.2. The van der Waals surface area contributed by atoms with Crippen LogP contribution in [0, 0.1) is 13.8 Å². The van der Waals surface area contributed by atoms with Crippen LogP contribution in [0.25, 0.3) is 81.6 Å². The molecule has 11 heteroatoms. The summed E-state index contributed by atoms with van der Waals surface area (Å²) >= 11 is 0. The molecule has 0 saturated carbocycles. The number of hydrogen-bond donors (Lipinski definition) is 2. The fraction of sp³-hybridized carbons (Fsp3) is 0.0294. The third-order valence-corrected chi connectivity index (χ3v) is 15.9. The van der Waals surface area contributed by atoms with E-state index in [1.54, 1.807) is 60.7 Å². The van der Waals surface area contributed by atoms with Gasteiger partial charge in [-0.05, 0) is 131 Å². The molecule has 2 N–H and O–H groups in total. The van der Waals surface area contributed by atoms with Gasteiger partial charge in [0.1, 0.15) is 16.4 Å². The van der Waals surface area contributed by atoms with Crippen LogP contribution in [-0.4, -0.2) is 31.5 Å². The Labute approximate surface area is 463 Å². The molecular formula is C68H53ClN2O6S2.